The molecule has 1 fully saturated rings. The molecule has 5 heteroatoms. The lowest BCUT2D eigenvalue weighted by atomic mass is 10.1. The Morgan fingerprint density at radius 1 is 1.19 bits per heavy atom. The van der Waals surface area contributed by atoms with Crippen LogP contribution in [0.15, 0.2) is 43.0 Å². The standard InChI is InChI=1S/C21H34O4Si/c1-7-11-17-19(22)20(23-14-16-12-9-8-10-13-16)18(25-17)15-24-26(5,6)21(2,3)4/h7-10,12-13,17-20,22H,1,11,14-15H2,2-6H3/t17-,18+,19-,20-/m0/s1. The van der Waals surface area contributed by atoms with Crippen LogP contribution < -0.4 is 0 Å². The summed E-state index contributed by atoms with van der Waals surface area (Å²) in [6, 6.07) is 9.99. The van der Waals surface area contributed by atoms with E-state index in [0.29, 0.717) is 19.6 Å². The van der Waals surface area contributed by atoms with E-state index in [-0.39, 0.29) is 17.2 Å². The smallest absolute Gasteiger partial charge is 0.192 e. The zero-order chi connectivity index (χ0) is 19.4. The molecule has 0 bridgehead atoms. The third-order valence-electron chi connectivity index (χ3n) is 5.53. The van der Waals surface area contributed by atoms with Crippen molar-refractivity contribution in [1.29, 1.82) is 0 Å². The van der Waals surface area contributed by atoms with E-state index in [2.05, 4.69) is 40.4 Å². The Bertz CT molecular complexity index is 567. The molecule has 0 aliphatic carbocycles. The molecule has 0 unspecified atom stereocenters. The van der Waals surface area contributed by atoms with Crippen LogP contribution in [0.4, 0.5) is 0 Å². The first kappa shape index (κ1) is 21.3. The highest BCUT2D eigenvalue weighted by Crippen LogP contribution is 2.37. The summed E-state index contributed by atoms with van der Waals surface area (Å²) >= 11 is 0. The van der Waals surface area contributed by atoms with Crippen LogP contribution in [-0.4, -0.2) is 44.4 Å². The molecule has 1 aliphatic heterocycles. The molecule has 0 spiro atoms. The van der Waals surface area contributed by atoms with Crippen LogP contribution in [0.1, 0.15) is 32.8 Å². The minimum atomic E-state index is -1.89. The molecule has 0 amide bonds. The minimum absolute atomic E-state index is 0.130. The van der Waals surface area contributed by atoms with Gasteiger partial charge in [0.15, 0.2) is 8.32 Å². The number of hydrogen-bond donors (Lipinski definition) is 1. The summed E-state index contributed by atoms with van der Waals surface area (Å²) in [5, 5.41) is 10.8. The maximum atomic E-state index is 10.7. The van der Waals surface area contributed by atoms with E-state index in [0.717, 1.165) is 5.56 Å². The molecule has 1 heterocycles. The molecule has 4 atom stereocenters. The molecule has 0 saturated carbocycles. The molecule has 1 aromatic rings. The number of benzene rings is 1. The summed E-state index contributed by atoms with van der Waals surface area (Å²) < 4.78 is 18.5. The van der Waals surface area contributed by atoms with Crippen LogP contribution >= 0.6 is 0 Å². The van der Waals surface area contributed by atoms with Crippen molar-refractivity contribution in [3.05, 3.63) is 48.6 Å². The average Bonchev–Trinajstić information content (AvgIpc) is 2.87. The maximum absolute atomic E-state index is 10.7. The SMILES string of the molecule is C=CC[C@@H]1O[C@H](CO[Si](C)(C)C(C)(C)C)[C@H](OCc2ccccc2)[C@H]1O. The summed E-state index contributed by atoms with van der Waals surface area (Å²) in [5.41, 5.74) is 1.08. The van der Waals surface area contributed by atoms with Gasteiger partial charge in [-0.3, -0.25) is 0 Å². The van der Waals surface area contributed by atoms with Gasteiger partial charge in [0.25, 0.3) is 0 Å². The summed E-state index contributed by atoms with van der Waals surface area (Å²) in [5.74, 6) is 0. The number of aliphatic hydroxyl groups is 1. The van der Waals surface area contributed by atoms with Gasteiger partial charge in [-0.2, -0.15) is 0 Å². The van der Waals surface area contributed by atoms with E-state index < -0.39 is 20.5 Å². The number of rotatable bonds is 8. The lowest BCUT2D eigenvalue weighted by Gasteiger charge is -2.37. The van der Waals surface area contributed by atoms with E-state index in [4.69, 9.17) is 13.9 Å². The maximum Gasteiger partial charge on any atom is 0.192 e. The Kier molecular flexibility index (Phi) is 7.22. The molecule has 146 valence electrons. The fraction of sp³-hybridized carbons (Fsp3) is 0.619. The second kappa shape index (κ2) is 8.80. The summed E-state index contributed by atoms with van der Waals surface area (Å²) in [4.78, 5) is 0. The monoisotopic (exact) mass is 378 g/mol. The van der Waals surface area contributed by atoms with Crippen LogP contribution in [0.3, 0.4) is 0 Å². The van der Waals surface area contributed by atoms with Gasteiger partial charge in [0.05, 0.1) is 19.3 Å². The number of aliphatic hydroxyl groups excluding tert-OH is 1. The Balaban J connectivity index is 2.04. The van der Waals surface area contributed by atoms with E-state index in [1.54, 1.807) is 6.08 Å². The molecule has 1 aromatic carbocycles. The molecule has 4 nitrogen and oxygen atoms in total. The van der Waals surface area contributed by atoms with Crippen LogP contribution in [0.5, 0.6) is 0 Å². The van der Waals surface area contributed by atoms with Crippen LogP contribution in [0.2, 0.25) is 18.1 Å². The summed E-state index contributed by atoms with van der Waals surface area (Å²) in [7, 11) is -1.89. The molecular formula is C21H34O4Si. The van der Waals surface area contributed by atoms with E-state index in [9.17, 15) is 5.11 Å². The zero-order valence-electron chi connectivity index (χ0n) is 16.8. The third-order valence-corrected chi connectivity index (χ3v) is 10.0. The second-order valence-corrected chi connectivity index (χ2v) is 13.4. The van der Waals surface area contributed by atoms with Crippen molar-refractivity contribution in [3.8, 4) is 0 Å². The van der Waals surface area contributed by atoms with Gasteiger partial charge in [-0.1, -0.05) is 57.2 Å². The number of ether oxygens (including phenoxy) is 2. The molecule has 1 N–H and O–H groups in total. The van der Waals surface area contributed by atoms with Crippen molar-refractivity contribution < 1.29 is 19.0 Å². The third kappa shape index (κ3) is 5.27. The lowest BCUT2D eigenvalue weighted by Crippen LogP contribution is -2.45. The Morgan fingerprint density at radius 3 is 2.42 bits per heavy atom. The van der Waals surface area contributed by atoms with Gasteiger partial charge in [-0.15, -0.1) is 6.58 Å². The highest BCUT2D eigenvalue weighted by Gasteiger charge is 2.46. The Hall–Kier alpha value is -0.983. The predicted molar refractivity (Wildman–Crippen MR) is 108 cm³/mol. The van der Waals surface area contributed by atoms with Crippen LogP contribution in [-0.2, 0) is 20.5 Å². The van der Waals surface area contributed by atoms with Crippen LogP contribution in [0, 0.1) is 0 Å². The van der Waals surface area contributed by atoms with Gasteiger partial charge in [-0.25, -0.2) is 0 Å². The topological polar surface area (TPSA) is 47.9 Å². The van der Waals surface area contributed by atoms with Crippen molar-refractivity contribution in [2.45, 2.75) is 76.3 Å². The molecule has 26 heavy (non-hydrogen) atoms. The summed E-state index contributed by atoms with van der Waals surface area (Å²) in [6.07, 6.45) is 0.742. The van der Waals surface area contributed by atoms with Gasteiger partial charge < -0.3 is 19.0 Å². The van der Waals surface area contributed by atoms with E-state index >= 15 is 0 Å². The van der Waals surface area contributed by atoms with Crippen molar-refractivity contribution in [2.75, 3.05) is 6.61 Å². The zero-order valence-corrected chi connectivity index (χ0v) is 17.8. The number of hydrogen-bond acceptors (Lipinski definition) is 4. The fourth-order valence-electron chi connectivity index (χ4n) is 2.79. The van der Waals surface area contributed by atoms with Gasteiger partial charge in [-0.05, 0) is 30.1 Å². The van der Waals surface area contributed by atoms with Gasteiger partial charge in [0.1, 0.15) is 18.3 Å². The van der Waals surface area contributed by atoms with Crippen molar-refractivity contribution in [3.63, 3.8) is 0 Å². The molecule has 1 aliphatic rings. The Morgan fingerprint density at radius 2 is 1.85 bits per heavy atom. The van der Waals surface area contributed by atoms with Crippen LogP contribution in [0.25, 0.3) is 0 Å². The minimum Gasteiger partial charge on any atom is -0.414 e. The first-order chi connectivity index (χ1) is 12.2. The van der Waals surface area contributed by atoms with E-state index in [1.807, 2.05) is 30.3 Å². The quantitative estimate of drug-likeness (QED) is 0.541. The molecule has 0 aromatic heterocycles. The Labute approximate surface area is 159 Å². The lowest BCUT2D eigenvalue weighted by molar-refractivity contribution is -0.0595. The first-order valence-electron chi connectivity index (χ1n) is 9.39. The largest absolute Gasteiger partial charge is 0.414 e. The molecule has 2 rings (SSSR count). The van der Waals surface area contributed by atoms with E-state index in [1.165, 1.54) is 0 Å². The summed E-state index contributed by atoms with van der Waals surface area (Å²) in [6.45, 7) is 15.7. The second-order valence-electron chi connectivity index (χ2n) is 8.56. The average molecular weight is 379 g/mol. The molecular weight excluding hydrogens is 344 g/mol. The molecule has 0 radical (unpaired) electrons. The highest BCUT2D eigenvalue weighted by molar-refractivity contribution is 6.74. The van der Waals surface area contributed by atoms with Crippen molar-refractivity contribution in [1.82, 2.24) is 0 Å². The van der Waals surface area contributed by atoms with Gasteiger partial charge in [0, 0.05) is 0 Å². The normalized spacial score (nSPS) is 26.8. The fourth-order valence-corrected chi connectivity index (χ4v) is 3.80. The van der Waals surface area contributed by atoms with Gasteiger partial charge >= 0.3 is 0 Å². The van der Waals surface area contributed by atoms with Gasteiger partial charge in [0.2, 0.25) is 0 Å². The molecule has 1 saturated heterocycles. The van der Waals surface area contributed by atoms with Crippen molar-refractivity contribution >= 4 is 8.32 Å². The predicted octanol–water partition coefficient (Wildman–Crippen LogP) is 4.30. The van der Waals surface area contributed by atoms with Crippen molar-refractivity contribution in [2.24, 2.45) is 0 Å². The highest BCUT2D eigenvalue weighted by atomic mass is 28.4. The first-order valence-corrected chi connectivity index (χ1v) is 12.3.